The smallest absolute Gasteiger partial charge is 0.243 e. The molecule has 1 N–H and O–H groups in total. The Labute approximate surface area is 176 Å². The number of carbonyl (C=O) groups is 1. The maximum Gasteiger partial charge on any atom is 0.243 e. The molecule has 164 valence electrons. The number of nitrogens with one attached hydrogen (secondary N) is 1. The first-order valence-corrected chi connectivity index (χ1v) is 11.2. The number of carbonyl (C=O) groups excluding carboxylic acids is 1. The van der Waals surface area contributed by atoms with Gasteiger partial charge >= 0.3 is 0 Å². The van der Waals surface area contributed by atoms with Crippen molar-refractivity contribution in [2.75, 3.05) is 31.6 Å². The largest absolute Gasteiger partial charge is 0.493 e. The van der Waals surface area contributed by atoms with E-state index in [9.17, 15) is 17.6 Å². The van der Waals surface area contributed by atoms with E-state index in [1.54, 1.807) is 20.8 Å². The second-order valence-corrected chi connectivity index (χ2v) is 8.22. The molecule has 0 atom stereocenters. The molecule has 0 heterocycles. The van der Waals surface area contributed by atoms with Gasteiger partial charge in [0, 0.05) is 13.1 Å². The van der Waals surface area contributed by atoms with Crippen molar-refractivity contribution in [3.63, 3.8) is 0 Å². The van der Waals surface area contributed by atoms with Crippen LogP contribution in [-0.4, -0.2) is 44.9 Å². The zero-order valence-corrected chi connectivity index (χ0v) is 18.2. The summed E-state index contributed by atoms with van der Waals surface area (Å²) in [5.41, 5.74) is 0.275. The van der Waals surface area contributed by atoms with Crippen LogP contribution in [0, 0.1) is 5.82 Å². The number of ether oxygens (including phenoxy) is 2. The van der Waals surface area contributed by atoms with Gasteiger partial charge in [0.25, 0.3) is 0 Å². The van der Waals surface area contributed by atoms with E-state index in [2.05, 4.69) is 5.32 Å². The highest BCUT2D eigenvalue weighted by Gasteiger charge is 2.23. The summed E-state index contributed by atoms with van der Waals surface area (Å²) < 4.78 is 50.8. The number of amides is 1. The van der Waals surface area contributed by atoms with Crippen LogP contribution in [0.3, 0.4) is 0 Å². The molecule has 9 heteroatoms. The molecule has 0 fully saturated rings. The normalized spacial score (nSPS) is 11.4. The molecule has 30 heavy (non-hydrogen) atoms. The second kappa shape index (κ2) is 10.9. The fourth-order valence-corrected chi connectivity index (χ4v) is 4.25. The van der Waals surface area contributed by atoms with Gasteiger partial charge in [-0.05, 0) is 49.4 Å². The lowest BCUT2D eigenvalue weighted by atomic mass is 10.2. The van der Waals surface area contributed by atoms with Crippen LogP contribution in [-0.2, 0) is 14.8 Å². The summed E-state index contributed by atoms with van der Waals surface area (Å²) in [6, 6.07) is 9.88. The quantitative estimate of drug-likeness (QED) is 0.579. The van der Waals surface area contributed by atoms with Crippen LogP contribution in [0.15, 0.2) is 47.4 Å². The highest BCUT2D eigenvalue weighted by atomic mass is 32.2. The minimum Gasteiger partial charge on any atom is -0.493 e. The molecule has 0 spiro atoms. The average Bonchev–Trinajstić information content (AvgIpc) is 2.71. The Morgan fingerprint density at radius 2 is 1.70 bits per heavy atom. The highest BCUT2D eigenvalue weighted by molar-refractivity contribution is 7.89. The number of nitrogens with zero attached hydrogens (tertiary/aromatic N) is 1. The van der Waals surface area contributed by atoms with Gasteiger partial charge in [0.05, 0.1) is 30.2 Å². The predicted molar refractivity (Wildman–Crippen MR) is 113 cm³/mol. The van der Waals surface area contributed by atoms with E-state index in [1.807, 2.05) is 0 Å². The van der Waals surface area contributed by atoms with Crippen molar-refractivity contribution in [2.24, 2.45) is 0 Å². The molecule has 0 saturated carbocycles. The van der Waals surface area contributed by atoms with Crippen LogP contribution >= 0.6 is 0 Å². The van der Waals surface area contributed by atoms with E-state index < -0.39 is 10.0 Å². The van der Waals surface area contributed by atoms with E-state index in [0.29, 0.717) is 31.2 Å². The van der Waals surface area contributed by atoms with Crippen molar-refractivity contribution in [1.82, 2.24) is 4.31 Å². The van der Waals surface area contributed by atoms with Gasteiger partial charge in [-0.25, -0.2) is 12.8 Å². The summed E-state index contributed by atoms with van der Waals surface area (Å²) in [6.07, 6.45) is 0.0238. The van der Waals surface area contributed by atoms with Crippen LogP contribution in [0.5, 0.6) is 11.5 Å². The van der Waals surface area contributed by atoms with Gasteiger partial charge < -0.3 is 14.8 Å². The predicted octanol–water partition coefficient (Wildman–Crippen LogP) is 3.66. The summed E-state index contributed by atoms with van der Waals surface area (Å²) in [7, 11) is -3.68. The molecule has 2 aromatic carbocycles. The molecule has 0 aromatic heterocycles. The molecule has 0 aliphatic rings. The Morgan fingerprint density at radius 1 is 1.03 bits per heavy atom. The summed E-state index contributed by atoms with van der Waals surface area (Å²) in [5, 5.41) is 2.69. The van der Waals surface area contributed by atoms with E-state index in [-0.39, 0.29) is 35.3 Å². The SMILES string of the molecule is CCOc1ccc(S(=O)(=O)N(CC)CC)cc1NC(=O)CCOc1ccc(F)cc1. The molecule has 1 amide bonds. The van der Waals surface area contributed by atoms with Crippen LogP contribution in [0.2, 0.25) is 0 Å². The third-order valence-corrected chi connectivity index (χ3v) is 6.33. The molecular formula is C21H27FN2O5S. The first-order valence-electron chi connectivity index (χ1n) is 9.77. The standard InChI is InChI=1S/C21H27FN2O5S/c1-4-24(5-2)30(26,27)18-11-12-20(28-6-3)19(15-18)23-21(25)13-14-29-17-9-7-16(22)8-10-17/h7-12,15H,4-6,13-14H2,1-3H3,(H,23,25). The van der Waals surface area contributed by atoms with Crippen LogP contribution < -0.4 is 14.8 Å². The van der Waals surface area contributed by atoms with Gasteiger partial charge in [-0.15, -0.1) is 0 Å². The van der Waals surface area contributed by atoms with Gasteiger partial charge in [-0.1, -0.05) is 13.8 Å². The summed E-state index contributed by atoms with van der Waals surface area (Å²) in [4.78, 5) is 12.4. The molecule has 0 bridgehead atoms. The van der Waals surface area contributed by atoms with E-state index in [4.69, 9.17) is 9.47 Å². The number of hydrogen-bond acceptors (Lipinski definition) is 5. The van der Waals surface area contributed by atoms with E-state index in [1.165, 1.54) is 46.8 Å². The maximum atomic E-state index is 12.9. The highest BCUT2D eigenvalue weighted by Crippen LogP contribution is 2.29. The van der Waals surface area contributed by atoms with Crippen molar-refractivity contribution in [1.29, 1.82) is 0 Å². The average molecular weight is 439 g/mol. The maximum absolute atomic E-state index is 12.9. The number of hydrogen-bond donors (Lipinski definition) is 1. The van der Waals surface area contributed by atoms with Crippen LogP contribution in [0.4, 0.5) is 10.1 Å². The van der Waals surface area contributed by atoms with E-state index >= 15 is 0 Å². The Kier molecular flexibility index (Phi) is 8.61. The number of rotatable bonds is 11. The molecule has 0 aliphatic carbocycles. The van der Waals surface area contributed by atoms with Crippen molar-refractivity contribution in [2.45, 2.75) is 32.1 Å². The molecule has 0 unspecified atom stereocenters. The molecule has 2 rings (SSSR count). The van der Waals surface area contributed by atoms with Crippen LogP contribution in [0.1, 0.15) is 27.2 Å². The third kappa shape index (κ3) is 6.17. The van der Waals surface area contributed by atoms with Gasteiger partial charge in [-0.2, -0.15) is 4.31 Å². The van der Waals surface area contributed by atoms with Crippen molar-refractivity contribution >= 4 is 21.6 Å². The van der Waals surface area contributed by atoms with Gasteiger partial charge in [0.1, 0.15) is 17.3 Å². The minimum atomic E-state index is -3.68. The minimum absolute atomic E-state index is 0.0238. The first-order chi connectivity index (χ1) is 14.3. The lowest BCUT2D eigenvalue weighted by Gasteiger charge is -2.20. The van der Waals surface area contributed by atoms with Gasteiger partial charge in [0.15, 0.2) is 0 Å². The Morgan fingerprint density at radius 3 is 2.30 bits per heavy atom. The number of anilines is 1. The molecule has 0 aliphatic heterocycles. The first kappa shape index (κ1) is 23.6. The van der Waals surface area contributed by atoms with Gasteiger partial charge in [0.2, 0.25) is 15.9 Å². The summed E-state index contributed by atoms with van der Waals surface area (Å²) in [6.45, 7) is 6.45. The molecular weight excluding hydrogens is 411 g/mol. The molecule has 2 aromatic rings. The second-order valence-electron chi connectivity index (χ2n) is 6.28. The van der Waals surface area contributed by atoms with Crippen molar-refractivity contribution in [3.05, 3.63) is 48.3 Å². The number of benzene rings is 2. The van der Waals surface area contributed by atoms with Crippen LogP contribution in [0.25, 0.3) is 0 Å². The Hall–Kier alpha value is -2.65. The number of halogens is 1. The fraction of sp³-hybridized carbons (Fsp3) is 0.381. The van der Waals surface area contributed by atoms with Crippen molar-refractivity contribution < 1.29 is 27.1 Å². The zero-order valence-electron chi connectivity index (χ0n) is 17.4. The fourth-order valence-electron chi connectivity index (χ4n) is 2.77. The Balaban J connectivity index is 2.11. The lowest BCUT2D eigenvalue weighted by molar-refractivity contribution is -0.116. The zero-order chi connectivity index (χ0) is 22.1. The lowest BCUT2D eigenvalue weighted by Crippen LogP contribution is -2.30. The monoisotopic (exact) mass is 438 g/mol. The third-order valence-electron chi connectivity index (χ3n) is 4.28. The summed E-state index contributed by atoms with van der Waals surface area (Å²) in [5.74, 6) is 0.0915. The molecule has 0 saturated heterocycles. The van der Waals surface area contributed by atoms with Crippen molar-refractivity contribution in [3.8, 4) is 11.5 Å². The van der Waals surface area contributed by atoms with Gasteiger partial charge in [-0.3, -0.25) is 4.79 Å². The summed E-state index contributed by atoms with van der Waals surface area (Å²) >= 11 is 0. The molecule has 0 radical (unpaired) electrons. The van der Waals surface area contributed by atoms with E-state index in [0.717, 1.165) is 0 Å². The Bertz CT molecular complexity index is 944. The topological polar surface area (TPSA) is 84.9 Å². The number of sulfonamides is 1. The molecule has 7 nitrogen and oxygen atoms in total.